The number of aryl methyl sites for hydroxylation is 1. The standard InChI is InChI=1S/C15H21NO2/c17-13-10-16-9-8-15(13)18-14-7-3-5-11-4-1-2-6-12(11)14/h3,5,7,13,15-17H,1-2,4,6,8-10H2/t13-,15+/m0/s1. The van der Waals surface area contributed by atoms with Gasteiger partial charge in [-0.05, 0) is 55.8 Å². The average molecular weight is 247 g/mol. The van der Waals surface area contributed by atoms with E-state index in [0.29, 0.717) is 6.54 Å². The molecule has 0 saturated carbocycles. The monoisotopic (exact) mass is 247 g/mol. The van der Waals surface area contributed by atoms with Crippen LogP contribution in [0.25, 0.3) is 0 Å². The van der Waals surface area contributed by atoms with Crippen LogP contribution in [0.2, 0.25) is 0 Å². The van der Waals surface area contributed by atoms with Gasteiger partial charge in [0, 0.05) is 6.54 Å². The van der Waals surface area contributed by atoms with E-state index >= 15 is 0 Å². The van der Waals surface area contributed by atoms with Crippen LogP contribution in [0.15, 0.2) is 18.2 Å². The van der Waals surface area contributed by atoms with E-state index in [9.17, 15) is 5.11 Å². The fourth-order valence-electron chi connectivity index (χ4n) is 2.98. The van der Waals surface area contributed by atoms with Crippen LogP contribution in [0.1, 0.15) is 30.4 Å². The van der Waals surface area contributed by atoms with Crippen molar-refractivity contribution in [2.75, 3.05) is 13.1 Å². The number of aliphatic hydroxyl groups is 1. The number of ether oxygens (including phenoxy) is 1. The molecule has 2 N–H and O–H groups in total. The molecule has 0 bridgehead atoms. The Bertz CT molecular complexity index is 419. The summed E-state index contributed by atoms with van der Waals surface area (Å²) in [5.74, 6) is 0.998. The van der Waals surface area contributed by atoms with Gasteiger partial charge in [0.2, 0.25) is 0 Å². The molecule has 0 spiro atoms. The van der Waals surface area contributed by atoms with Crippen molar-refractivity contribution in [3.8, 4) is 5.75 Å². The van der Waals surface area contributed by atoms with Gasteiger partial charge >= 0.3 is 0 Å². The molecule has 1 aliphatic heterocycles. The van der Waals surface area contributed by atoms with Crippen molar-refractivity contribution >= 4 is 0 Å². The lowest BCUT2D eigenvalue weighted by molar-refractivity contribution is 0.0156. The van der Waals surface area contributed by atoms with Gasteiger partial charge in [0.1, 0.15) is 18.0 Å². The largest absolute Gasteiger partial charge is 0.487 e. The third-order valence-corrected chi connectivity index (χ3v) is 4.02. The van der Waals surface area contributed by atoms with Gasteiger partial charge in [-0.3, -0.25) is 0 Å². The molecule has 1 aliphatic carbocycles. The number of aliphatic hydroxyl groups excluding tert-OH is 1. The first-order chi connectivity index (χ1) is 8.84. The lowest BCUT2D eigenvalue weighted by Gasteiger charge is -2.30. The first-order valence-corrected chi connectivity index (χ1v) is 7.01. The van der Waals surface area contributed by atoms with Crippen LogP contribution in [0.3, 0.4) is 0 Å². The van der Waals surface area contributed by atoms with Gasteiger partial charge < -0.3 is 15.2 Å². The molecular formula is C15H21NO2. The van der Waals surface area contributed by atoms with Gasteiger partial charge in [0.05, 0.1) is 0 Å². The predicted octanol–water partition coefficient (Wildman–Crippen LogP) is 1.67. The topological polar surface area (TPSA) is 41.5 Å². The van der Waals surface area contributed by atoms with Crippen molar-refractivity contribution in [2.45, 2.75) is 44.3 Å². The third kappa shape index (κ3) is 2.38. The van der Waals surface area contributed by atoms with Crippen LogP contribution >= 0.6 is 0 Å². The smallest absolute Gasteiger partial charge is 0.127 e. The van der Waals surface area contributed by atoms with E-state index in [1.54, 1.807) is 0 Å². The molecule has 1 heterocycles. The number of fused-ring (bicyclic) bond motifs is 1. The summed E-state index contributed by atoms with van der Waals surface area (Å²) < 4.78 is 6.08. The van der Waals surface area contributed by atoms with Crippen molar-refractivity contribution in [3.63, 3.8) is 0 Å². The molecule has 1 saturated heterocycles. The summed E-state index contributed by atoms with van der Waals surface area (Å²) in [5.41, 5.74) is 2.80. The molecule has 3 nitrogen and oxygen atoms in total. The Morgan fingerprint density at radius 1 is 1.22 bits per heavy atom. The summed E-state index contributed by atoms with van der Waals surface area (Å²) in [5, 5.41) is 13.1. The highest BCUT2D eigenvalue weighted by Crippen LogP contribution is 2.30. The van der Waals surface area contributed by atoms with Crippen LogP contribution in [0.4, 0.5) is 0 Å². The quantitative estimate of drug-likeness (QED) is 0.835. The number of rotatable bonds is 2. The van der Waals surface area contributed by atoms with Crippen LogP contribution < -0.4 is 10.1 Å². The highest BCUT2D eigenvalue weighted by Gasteiger charge is 2.25. The number of benzene rings is 1. The Balaban J connectivity index is 1.79. The zero-order chi connectivity index (χ0) is 12.4. The lowest BCUT2D eigenvalue weighted by Crippen LogP contribution is -2.46. The molecule has 1 fully saturated rings. The molecule has 3 rings (SSSR count). The van der Waals surface area contributed by atoms with E-state index in [1.165, 1.54) is 30.4 Å². The predicted molar refractivity (Wildman–Crippen MR) is 71.0 cm³/mol. The second-order valence-corrected chi connectivity index (χ2v) is 5.32. The Hall–Kier alpha value is -1.06. The molecule has 0 radical (unpaired) electrons. The van der Waals surface area contributed by atoms with Crippen molar-refractivity contribution in [2.24, 2.45) is 0 Å². The van der Waals surface area contributed by atoms with Gasteiger partial charge in [-0.25, -0.2) is 0 Å². The van der Waals surface area contributed by atoms with Crippen molar-refractivity contribution in [1.29, 1.82) is 0 Å². The van der Waals surface area contributed by atoms with Crippen LogP contribution in [-0.2, 0) is 12.8 Å². The normalized spacial score (nSPS) is 27.6. The van der Waals surface area contributed by atoms with Crippen LogP contribution in [-0.4, -0.2) is 30.4 Å². The Labute approximate surface area is 108 Å². The highest BCUT2D eigenvalue weighted by molar-refractivity contribution is 5.41. The first kappa shape index (κ1) is 12.0. The summed E-state index contributed by atoms with van der Waals surface area (Å²) >= 11 is 0. The Morgan fingerprint density at radius 2 is 2.11 bits per heavy atom. The van der Waals surface area contributed by atoms with E-state index in [4.69, 9.17) is 4.74 Å². The van der Waals surface area contributed by atoms with Crippen LogP contribution in [0, 0.1) is 0 Å². The molecule has 2 atom stereocenters. The summed E-state index contributed by atoms with van der Waals surface area (Å²) in [7, 11) is 0. The minimum Gasteiger partial charge on any atom is -0.487 e. The zero-order valence-corrected chi connectivity index (χ0v) is 10.7. The average Bonchev–Trinajstić information content (AvgIpc) is 2.42. The van der Waals surface area contributed by atoms with Gasteiger partial charge in [-0.15, -0.1) is 0 Å². The maximum absolute atomic E-state index is 9.95. The number of piperidine rings is 1. The summed E-state index contributed by atoms with van der Waals surface area (Å²) in [6.07, 6.45) is 5.26. The number of β-amino-alcohol motifs (C(OH)–C–C–N with tert-alkyl or cyclic N) is 1. The molecule has 1 aromatic rings. The second-order valence-electron chi connectivity index (χ2n) is 5.32. The maximum atomic E-state index is 9.95. The molecule has 0 aromatic heterocycles. The molecule has 98 valence electrons. The number of hydrogen-bond acceptors (Lipinski definition) is 3. The second kappa shape index (κ2) is 5.29. The van der Waals surface area contributed by atoms with Gasteiger partial charge in [-0.1, -0.05) is 12.1 Å². The molecule has 1 aromatic carbocycles. The summed E-state index contributed by atoms with van der Waals surface area (Å²) in [6.45, 7) is 1.57. The zero-order valence-electron chi connectivity index (χ0n) is 10.7. The third-order valence-electron chi connectivity index (χ3n) is 4.02. The van der Waals surface area contributed by atoms with Crippen molar-refractivity contribution in [1.82, 2.24) is 5.32 Å². The molecule has 3 heteroatoms. The molecular weight excluding hydrogens is 226 g/mol. The van der Waals surface area contributed by atoms with Gasteiger partial charge in [0.15, 0.2) is 0 Å². The molecule has 18 heavy (non-hydrogen) atoms. The summed E-state index contributed by atoms with van der Waals surface area (Å²) in [6, 6.07) is 6.34. The number of nitrogens with one attached hydrogen (secondary N) is 1. The van der Waals surface area contributed by atoms with E-state index in [1.807, 2.05) is 0 Å². The highest BCUT2D eigenvalue weighted by atomic mass is 16.5. The summed E-state index contributed by atoms with van der Waals surface area (Å²) in [4.78, 5) is 0. The molecule has 0 unspecified atom stereocenters. The van der Waals surface area contributed by atoms with E-state index in [0.717, 1.165) is 25.1 Å². The van der Waals surface area contributed by atoms with Crippen molar-refractivity contribution < 1.29 is 9.84 Å². The van der Waals surface area contributed by atoms with Crippen molar-refractivity contribution in [3.05, 3.63) is 29.3 Å². The minimum atomic E-state index is -0.391. The van der Waals surface area contributed by atoms with E-state index in [-0.39, 0.29) is 6.10 Å². The lowest BCUT2D eigenvalue weighted by atomic mass is 9.91. The van der Waals surface area contributed by atoms with Crippen LogP contribution in [0.5, 0.6) is 5.75 Å². The first-order valence-electron chi connectivity index (χ1n) is 7.01. The number of hydrogen-bond donors (Lipinski definition) is 2. The Kier molecular flexibility index (Phi) is 3.52. The van der Waals surface area contributed by atoms with E-state index < -0.39 is 6.10 Å². The Morgan fingerprint density at radius 3 is 3.00 bits per heavy atom. The maximum Gasteiger partial charge on any atom is 0.127 e. The molecule has 2 aliphatic rings. The van der Waals surface area contributed by atoms with Gasteiger partial charge in [0.25, 0.3) is 0 Å². The molecule has 0 amide bonds. The fraction of sp³-hybridized carbons (Fsp3) is 0.600. The van der Waals surface area contributed by atoms with E-state index in [2.05, 4.69) is 23.5 Å². The SMILES string of the molecule is O[C@H]1CNCC[C@H]1Oc1cccc2c1CCCC2. The minimum absolute atomic E-state index is 0.0559. The van der Waals surface area contributed by atoms with Gasteiger partial charge in [-0.2, -0.15) is 0 Å². The fourth-order valence-corrected chi connectivity index (χ4v) is 2.98.